The van der Waals surface area contributed by atoms with E-state index in [1.165, 1.54) is 12.1 Å². The third-order valence-electron chi connectivity index (χ3n) is 10.6. The molecule has 60 heavy (non-hydrogen) atoms. The predicted molar refractivity (Wildman–Crippen MR) is 232 cm³/mol. The summed E-state index contributed by atoms with van der Waals surface area (Å²) < 4.78 is 69.1. The van der Waals surface area contributed by atoms with E-state index in [1.807, 2.05) is 97.1 Å². The van der Waals surface area contributed by atoms with Crippen molar-refractivity contribution in [3.05, 3.63) is 217 Å². The van der Waals surface area contributed by atoms with Crippen molar-refractivity contribution in [2.45, 2.75) is 0 Å². The maximum absolute atomic E-state index is 14.3. The lowest BCUT2D eigenvalue weighted by molar-refractivity contribution is 0.462. The van der Waals surface area contributed by atoms with E-state index in [9.17, 15) is 17.6 Å². The predicted octanol–water partition coefficient (Wildman–Crippen LogP) is 15.7. The summed E-state index contributed by atoms with van der Waals surface area (Å²) in [5, 5.41) is 6.12. The van der Waals surface area contributed by atoms with Gasteiger partial charge >= 0.3 is 0 Å². The Balaban J connectivity index is 1.17. The van der Waals surface area contributed by atoms with Gasteiger partial charge in [0.25, 0.3) is 0 Å². The van der Waals surface area contributed by atoms with E-state index in [-0.39, 0.29) is 11.5 Å². The lowest BCUT2D eigenvalue weighted by Gasteiger charge is -2.30. The topological polar surface area (TPSA) is 24.9 Å². The van der Waals surface area contributed by atoms with Crippen LogP contribution in [0.15, 0.2) is 194 Å². The van der Waals surface area contributed by atoms with Gasteiger partial charge < -0.3 is 19.3 Å². The zero-order chi connectivity index (χ0) is 40.7. The highest BCUT2D eigenvalue weighted by Crippen LogP contribution is 2.50. The summed E-state index contributed by atoms with van der Waals surface area (Å²) in [5.41, 5.74) is 4.86. The van der Waals surface area contributed by atoms with Crippen LogP contribution < -0.4 is 19.3 Å². The molecule has 4 nitrogen and oxygen atoms in total. The molecule has 0 heterocycles. The van der Waals surface area contributed by atoms with Crippen LogP contribution in [0.4, 0.5) is 51.7 Å². The molecule has 10 aromatic carbocycles. The van der Waals surface area contributed by atoms with Crippen molar-refractivity contribution in [1.29, 1.82) is 0 Å². The number of ether oxygens (including phenoxy) is 2. The minimum absolute atomic E-state index is 0.164. The molecule has 10 rings (SSSR count). The number of hydrogen-bond donors (Lipinski definition) is 0. The maximum Gasteiger partial charge on any atom is 0.162 e. The molecular weight excluding hydrogens is 761 g/mol. The largest absolute Gasteiger partial charge is 0.455 e. The lowest BCUT2D eigenvalue weighted by Crippen LogP contribution is -2.12. The maximum atomic E-state index is 14.3. The van der Waals surface area contributed by atoms with Crippen molar-refractivity contribution in [2.24, 2.45) is 0 Å². The van der Waals surface area contributed by atoms with Crippen LogP contribution in [0.5, 0.6) is 23.0 Å². The molecule has 0 radical (unpaired) electrons. The van der Waals surface area contributed by atoms with Crippen LogP contribution in [0.3, 0.4) is 0 Å². The van der Waals surface area contributed by atoms with Gasteiger partial charge in [0.05, 0.1) is 22.7 Å². The van der Waals surface area contributed by atoms with Gasteiger partial charge in [-0.3, -0.25) is 0 Å². The van der Waals surface area contributed by atoms with Crippen LogP contribution in [-0.2, 0) is 0 Å². The van der Waals surface area contributed by atoms with Crippen LogP contribution in [-0.4, -0.2) is 0 Å². The molecule has 0 aliphatic heterocycles. The fourth-order valence-corrected chi connectivity index (χ4v) is 7.92. The zero-order valence-electron chi connectivity index (χ0n) is 31.7. The number of anilines is 6. The number of nitrogens with zero attached hydrogens (tertiary/aromatic N) is 2. The summed E-state index contributed by atoms with van der Waals surface area (Å²) in [4.78, 5) is 4.23. The Morgan fingerprint density at radius 1 is 0.317 bits per heavy atom. The fourth-order valence-electron chi connectivity index (χ4n) is 7.92. The van der Waals surface area contributed by atoms with Crippen molar-refractivity contribution in [2.75, 3.05) is 9.80 Å². The molecule has 0 aliphatic carbocycles. The van der Waals surface area contributed by atoms with Gasteiger partial charge in [-0.1, -0.05) is 97.1 Å². The normalized spacial score (nSPS) is 11.3. The summed E-state index contributed by atoms with van der Waals surface area (Å²) in [5.74, 6) is -2.68. The molecule has 0 atom stereocenters. The molecule has 0 saturated carbocycles. The van der Waals surface area contributed by atoms with Gasteiger partial charge in [0, 0.05) is 34.3 Å². The molecule has 0 spiro atoms. The third-order valence-corrected chi connectivity index (χ3v) is 10.6. The van der Waals surface area contributed by atoms with Crippen molar-refractivity contribution in [1.82, 2.24) is 0 Å². The molecule has 0 saturated heterocycles. The molecule has 10 aromatic rings. The fraction of sp³-hybridized carbons (Fsp3) is 0. The van der Waals surface area contributed by atoms with Gasteiger partial charge in [0.15, 0.2) is 34.8 Å². The van der Waals surface area contributed by atoms with Gasteiger partial charge in [0.1, 0.15) is 11.5 Å². The second-order valence-electron chi connectivity index (χ2n) is 14.2. The lowest BCUT2D eigenvalue weighted by atomic mass is 9.91. The molecule has 0 bridgehead atoms. The number of para-hydroxylation sites is 6. The highest BCUT2D eigenvalue weighted by Gasteiger charge is 2.24. The Hall–Kier alpha value is -7.84. The summed E-state index contributed by atoms with van der Waals surface area (Å²) in [7, 11) is 0. The van der Waals surface area contributed by atoms with Crippen molar-refractivity contribution in [3.63, 3.8) is 0 Å². The van der Waals surface area contributed by atoms with Crippen LogP contribution in [0.2, 0.25) is 0 Å². The van der Waals surface area contributed by atoms with E-state index in [0.29, 0.717) is 22.9 Å². The van der Waals surface area contributed by atoms with E-state index in [4.69, 9.17) is 9.47 Å². The Kier molecular flexibility index (Phi) is 9.22. The van der Waals surface area contributed by atoms with Gasteiger partial charge in [-0.25, -0.2) is 17.6 Å². The first-order chi connectivity index (χ1) is 29.4. The summed E-state index contributed by atoms with van der Waals surface area (Å²) in [6.07, 6.45) is 0. The molecule has 0 aromatic heterocycles. The smallest absolute Gasteiger partial charge is 0.162 e. The van der Waals surface area contributed by atoms with Gasteiger partial charge in [-0.2, -0.15) is 0 Å². The number of rotatable bonds is 10. The monoisotopic (exact) mass is 792 g/mol. The van der Waals surface area contributed by atoms with Crippen LogP contribution in [0, 0.1) is 23.3 Å². The SMILES string of the molecule is Fc1ccc(Oc2ccccc2N(c2ccccc2)c2ccc3ccc4c(N(c5ccccc5)c5ccccc5Oc5ccc(F)c(F)c5)ccc5ccc2c3c54)cc1F. The molecule has 8 heteroatoms. The zero-order valence-corrected chi connectivity index (χ0v) is 31.7. The number of hydrogen-bond acceptors (Lipinski definition) is 4. The first kappa shape index (κ1) is 36.5. The van der Waals surface area contributed by atoms with Crippen molar-refractivity contribution in [3.8, 4) is 23.0 Å². The highest BCUT2D eigenvalue weighted by atomic mass is 19.2. The average Bonchev–Trinajstić information content (AvgIpc) is 3.28. The van der Waals surface area contributed by atoms with Crippen molar-refractivity contribution < 1.29 is 27.0 Å². The average molecular weight is 793 g/mol. The van der Waals surface area contributed by atoms with E-state index >= 15 is 0 Å². The number of halogens is 4. The molecule has 0 unspecified atom stereocenters. The van der Waals surface area contributed by atoms with E-state index < -0.39 is 23.3 Å². The molecule has 290 valence electrons. The molecule has 0 N–H and O–H groups in total. The van der Waals surface area contributed by atoms with Gasteiger partial charge in [0.2, 0.25) is 0 Å². The molecular formula is C52H32F4N2O2. The Morgan fingerprint density at radius 2 is 0.700 bits per heavy atom. The van der Waals surface area contributed by atoms with E-state index in [0.717, 1.165) is 79.3 Å². The van der Waals surface area contributed by atoms with Crippen LogP contribution in [0.1, 0.15) is 0 Å². The van der Waals surface area contributed by atoms with Gasteiger partial charge in [-0.15, -0.1) is 0 Å². The highest BCUT2D eigenvalue weighted by molar-refractivity contribution is 6.28. The minimum atomic E-state index is -0.999. The Bertz CT molecular complexity index is 2960. The number of benzene rings is 10. The molecule has 0 aliphatic rings. The second kappa shape index (κ2) is 15.2. The third kappa shape index (κ3) is 6.54. The van der Waals surface area contributed by atoms with Gasteiger partial charge in [-0.05, 0) is 106 Å². The van der Waals surface area contributed by atoms with Crippen LogP contribution >= 0.6 is 0 Å². The van der Waals surface area contributed by atoms with Crippen LogP contribution in [0.25, 0.3) is 32.3 Å². The summed E-state index contributed by atoms with van der Waals surface area (Å²) in [6, 6.07) is 58.7. The summed E-state index contributed by atoms with van der Waals surface area (Å²) in [6.45, 7) is 0. The quantitative estimate of drug-likeness (QED) is 0.102. The van der Waals surface area contributed by atoms with Crippen molar-refractivity contribution >= 4 is 66.4 Å². The molecule has 0 amide bonds. The Labute approximate surface area is 342 Å². The minimum Gasteiger partial charge on any atom is -0.455 e. The first-order valence-electron chi connectivity index (χ1n) is 19.3. The second-order valence-corrected chi connectivity index (χ2v) is 14.2. The first-order valence-corrected chi connectivity index (χ1v) is 19.3. The van der Waals surface area contributed by atoms with E-state index in [2.05, 4.69) is 58.3 Å². The standard InChI is InChI=1S/C52H32F4N2O2/c53-41-27-23-37(31-43(41)55)59-49-17-9-7-15-47(49)57(35-11-3-1-4-12-35)45-29-21-33-20-26-40-46(30-22-34-19-25-39(45)51(33)52(34)40)58(36-13-5-2-6-14-36)48-16-8-10-18-50(48)60-38-24-28-42(54)44(56)32-38/h1-32H. The van der Waals surface area contributed by atoms with E-state index in [1.54, 1.807) is 12.1 Å². The Morgan fingerprint density at radius 3 is 1.12 bits per heavy atom. The molecule has 0 fully saturated rings. The summed E-state index contributed by atoms with van der Waals surface area (Å²) >= 11 is 0.